The Morgan fingerprint density at radius 3 is 2.77 bits per heavy atom. The molecule has 0 unspecified atom stereocenters. The van der Waals surface area contributed by atoms with Gasteiger partial charge in [-0.2, -0.15) is 4.98 Å². The Morgan fingerprint density at radius 2 is 1.93 bits per heavy atom. The van der Waals surface area contributed by atoms with Gasteiger partial charge in [0.2, 0.25) is 0 Å². The summed E-state index contributed by atoms with van der Waals surface area (Å²) >= 11 is 6.57. The highest BCUT2D eigenvalue weighted by atomic mass is 35.5. The van der Waals surface area contributed by atoms with Gasteiger partial charge in [-0.05, 0) is 54.1 Å². The molecule has 0 fully saturated rings. The van der Waals surface area contributed by atoms with Gasteiger partial charge < -0.3 is 24.1 Å². The van der Waals surface area contributed by atoms with Crippen molar-refractivity contribution in [2.75, 3.05) is 0 Å². The van der Waals surface area contributed by atoms with E-state index in [1.165, 1.54) is 0 Å². The molecule has 30 heavy (non-hydrogen) atoms. The molecule has 2 aromatic heterocycles. The van der Waals surface area contributed by atoms with E-state index in [1.807, 2.05) is 31.4 Å². The van der Waals surface area contributed by atoms with Crippen molar-refractivity contribution >= 4 is 47.2 Å². The first-order valence-corrected chi connectivity index (χ1v) is 10.8. The molecule has 0 aliphatic heterocycles. The van der Waals surface area contributed by atoms with Crippen molar-refractivity contribution in [2.24, 2.45) is 7.05 Å². The van der Waals surface area contributed by atoms with Crippen molar-refractivity contribution in [2.45, 2.75) is 0 Å². The zero-order valence-electron chi connectivity index (χ0n) is 15.9. The SMILES string of the molecule is Cn1ccc2cc(-c3cc4nc(Oc5cccc(P(O)O)c5)[nH]c4cc3Cl)ccc21. The molecule has 3 N–H and O–H groups in total. The van der Waals surface area contributed by atoms with E-state index in [0.717, 1.165) is 33.1 Å². The van der Waals surface area contributed by atoms with Gasteiger partial charge in [0.05, 0.1) is 16.1 Å². The van der Waals surface area contributed by atoms with E-state index in [9.17, 15) is 9.79 Å². The van der Waals surface area contributed by atoms with E-state index < -0.39 is 8.38 Å². The molecule has 150 valence electrons. The molecule has 2 heterocycles. The third-order valence-electron chi connectivity index (χ3n) is 5.01. The summed E-state index contributed by atoms with van der Waals surface area (Å²) in [4.78, 5) is 26.4. The number of imidazole rings is 1. The standard InChI is InChI=1S/C22H17ClN3O3P/c1-26-8-7-14-9-13(5-6-21(14)26)17-11-19-20(12-18(17)23)25-22(24-19)29-15-3-2-4-16(10-15)30(27)28/h2-12,27-28H,1H3,(H,24,25). The first kappa shape index (κ1) is 19.1. The van der Waals surface area contributed by atoms with E-state index in [-0.39, 0.29) is 0 Å². The lowest BCUT2D eigenvalue weighted by molar-refractivity contribution is 0.449. The van der Waals surface area contributed by atoms with Crippen LogP contribution in [0.15, 0.2) is 66.9 Å². The Morgan fingerprint density at radius 1 is 1.07 bits per heavy atom. The Hall–Kier alpha value is -2.89. The molecule has 5 aromatic rings. The summed E-state index contributed by atoms with van der Waals surface area (Å²) in [5.41, 5.74) is 4.53. The highest BCUT2D eigenvalue weighted by Gasteiger charge is 2.13. The second kappa shape index (κ2) is 7.42. The normalized spacial score (nSPS) is 11.6. The molecule has 0 aliphatic rings. The second-order valence-electron chi connectivity index (χ2n) is 6.98. The highest BCUT2D eigenvalue weighted by molar-refractivity contribution is 7.54. The number of hydrogen-bond donors (Lipinski definition) is 3. The van der Waals surface area contributed by atoms with Crippen molar-refractivity contribution in [3.05, 3.63) is 71.9 Å². The molecule has 6 nitrogen and oxygen atoms in total. The number of H-pyrrole nitrogens is 1. The van der Waals surface area contributed by atoms with Gasteiger partial charge >= 0.3 is 0 Å². The number of benzene rings is 3. The van der Waals surface area contributed by atoms with Gasteiger partial charge in [0.25, 0.3) is 6.01 Å². The minimum absolute atomic E-state index is 0.300. The molecule has 0 amide bonds. The molecule has 5 rings (SSSR count). The third kappa shape index (κ3) is 3.44. The molecule has 0 bridgehead atoms. The Labute approximate surface area is 178 Å². The van der Waals surface area contributed by atoms with Gasteiger partial charge in [-0.15, -0.1) is 0 Å². The molecule has 0 saturated carbocycles. The Kier molecular flexibility index (Phi) is 4.72. The summed E-state index contributed by atoms with van der Waals surface area (Å²) in [5, 5.41) is 2.16. The molecular weight excluding hydrogens is 421 g/mol. The Balaban J connectivity index is 1.51. The zero-order valence-corrected chi connectivity index (χ0v) is 17.5. The lowest BCUT2D eigenvalue weighted by Crippen LogP contribution is -1.99. The van der Waals surface area contributed by atoms with Gasteiger partial charge in [-0.3, -0.25) is 0 Å². The predicted molar refractivity (Wildman–Crippen MR) is 121 cm³/mol. The first-order valence-electron chi connectivity index (χ1n) is 9.18. The van der Waals surface area contributed by atoms with Crippen LogP contribution in [0.4, 0.5) is 0 Å². The zero-order chi connectivity index (χ0) is 20.8. The minimum atomic E-state index is -2.18. The molecule has 0 aliphatic carbocycles. The van der Waals surface area contributed by atoms with E-state index >= 15 is 0 Å². The van der Waals surface area contributed by atoms with Crippen LogP contribution in [0.2, 0.25) is 5.02 Å². The molecule has 8 heteroatoms. The molecule has 3 aromatic carbocycles. The van der Waals surface area contributed by atoms with E-state index in [1.54, 1.807) is 24.3 Å². The maximum Gasteiger partial charge on any atom is 0.300 e. The summed E-state index contributed by atoms with van der Waals surface area (Å²) < 4.78 is 7.85. The maximum absolute atomic E-state index is 9.39. The fraction of sp³-hybridized carbons (Fsp3) is 0.0455. The molecule has 0 spiro atoms. The second-order valence-corrected chi connectivity index (χ2v) is 8.48. The lowest BCUT2D eigenvalue weighted by Gasteiger charge is -2.06. The average Bonchev–Trinajstić information content (AvgIpc) is 3.29. The van der Waals surface area contributed by atoms with Gasteiger partial charge in [0.15, 0.2) is 8.38 Å². The number of aryl methyl sites for hydroxylation is 1. The third-order valence-corrected chi connectivity index (χ3v) is 6.06. The van der Waals surface area contributed by atoms with Crippen LogP contribution in [-0.2, 0) is 7.05 Å². The molecule has 0 saturated heterocycles. The van der Waals surface area contributed by atoms with Crippen molar-refractivity contribution in [3.8, 4) is 22.9 Å². The van der Waals surface area contributed by atoms with E-state index in [2.05, 4.69) is 32.7 Å². The van der Waals surface area contributed by atoms with Gasteiger partial charge in [-0.25, -0.2) is 0 Å². The van der Waals surface area contributed by atoms with Crippen molar-refractivity contribution in [1.82, 2.24) is 14.5 Å². The van der Waals surface area contributed by atoms with Crippen LogP contribution in [0.1, 0.15) is 0 Å². The fourth-order valence-electron chi connectivity index (χ4n) is 3.51. The number of fused-ring (bicyclic) bond motifs is 2. The highest BCUT2D eigenvalue weighted by Crippen LogP contribution is 2.34. The monoisotopic (exact) mass is 437 g/mol. The number of ether oxygens (including phenoxy) is 1. The first-order chi connectivity index (χ1) is 14.5. The molecular formula is C22H17ClN3O3P. The number of halogens is 1. The quantitative estimate of drug-likeness (QED) is 0.342. The van der Waals surface area contributed by atoms with Crippen LogP contribution in [0, 0.1) is 0 Å². The van der Waals surface area contributed by atoms with Gasteiger partial charge in [0.1, 0.15) is 5.75 Å². The van der Waals surface area contributed by atoms with Gasteiger partial charge in [-0.1, -0.05) is 23.7 Å². The molecule has 0 atom stereocenters. The minimum Gasteiger partial charge on any atom is -0.426 e. The van der Waals surface area contributed by atoms with Crippen LogP contribution in [0.3, 0.4) is 0 Å². The van der Waals surface area contributed by atoms with Crippen molar-refractivity contribution < 1.29 is 14.5 Å². The van der Waals surface area contributed by atoms with Crippen molar-refractivity contribution in [1.29, 1.82) is 0 Å². The summed E-state index contributed by atoms with van der Waals surface area (Å²) in [6.07, 6.45) is 2.03. The van der Waals surface area contributed by atoms with Crippen LogP contribution >= 0.6 is 20.0 Å². The number of nitrogens with one attached hydrogen (secondary N) is 1. The van der Waals surface area contributed by atoms with Crippen LogP contribution < -0.4 is 10.0 Å². The smallest absolute Gasteiger partial charge is 0.300 e. The largest absolute Gasteiger partial charge is 0.426 e. The summed E-state index contributed by atoms with van der Waals surface area (Å²) in [6.45, 7) is 0. The van der Waals surface area contributed by atoms with Crippen molar-refractivity contribution in [3.63, 3.8) is 0 Å². The van der Waals surface area contributed by atoms with Crippen LogP contribution in [0.5, 0.6) is 11.8 Å². The number of hydrogen-bond acceptors (Lipinski definition) is 4. The van der Waals surface area contributed by atoms with E-state index in [0.29, 0.717) is 22.1 Å². The van der Waals surface area contributed by atoms with Crippen LogP contribution in [0.25, 0.3) is 33.1 Å². The topological polar surface area (TPSA) is 83.3 Å². The average molecular weight is 438 g/mol. The Bertz CT molecular complexity index is 1390. The number of aromatic nitrogens is 3. The number of nitrogens with zero attached hydrogens (tertiary/aromatic N) is 2. The summed E-state index contributed by atoms with van der Waals surface area (Å²) in [7, 11) is -0.163. The summed E-state index contributed by atoms with van der Waals surface area (Å²) in [6, 6.07) is 19.0. The van der Waals surface area contributed by atoms with E-state index in [4.69, 9.17) is 16.3 Å². The van der Waals surface area contributed by atoms with Crippen LogP contribution in [-0.4, -0.2) is 24.3 Å². The number of aromatic amines is 1. The maximum atomic E-state index is 9.39. The number of rotatable bonds is 4. The summed E-state index contributed by atoms with van der Waals surface area (Å²) in [5.74, 6) is 0.461. The predicted octanol–water partition coefficient (Wildman–Crippen LogP) is 5.09. The fourth-order valence-corrected chi connectivity index (χ4v) is 4.24. The lowest BCUT2D eigenvalue weighted by atomic mass is 10.0. The molecule has 0 radical (unpaired) electrons. The van der Waals surface area contributed by atoms with Gasteiger partial charge in [0, 0.05) is 35.0 Å².